The predicted molar refractivity (Wildman–Crippen MR) is 112 cm³/mol. The fourth-order valence-electron chi connectivity index (χ4n) is 3.71. The third-order valence-electron chi connectivity index (χ3n) is 5.19. The number of rotatable bonds is 3. The third kappa shape index (κ3) is 4.39. The summed E-state index contributed by atoms with van der Waals surface area (Å²) in [6.45, 7) is 3.09. The number of ether oxygens (including phenoxy) is 1. The summed E-state index contributed by atoms with van der Waals surface area (Å²) in [6.07, 6.45) is 1.22. The van der Waals surface area contributed by atoms with Crippen molar-refractivity contribution < 1.29 is 14.3 Å². The highest BCUT2D eigenvalue weighted by molar-refractivity contribution is 9.10. The van der Waals surface area contributed by atoms with E-state index in [-0.39, 0.29) is 11.9 Å². The smallest absolute Gasteiger partial charge is 0.399 e. The van der Waals surface area contributed by atoms with Crippen LogP contribution in [0.1, 0.15) is 27.9 Å². The number of nitrogens with zero attached hydrogens (tertiary/aromatic N) is 2. The zero-order valence-corrected chi connectivity index (χ0v) is 18.0. The summed E-state index contributed by atoms with van der Waals surface area (Å²) in [4.78, 5) is 29.0. The second-order valence-corrected chi connectivity index (χ2v) is 9.12. The number of hydrogen-bond acceptors (Lipinski definition) is 5. The van der Waals surface area contributed by atoms with Gasteiger partial charge >= 0.3 is 6.09 Å². The van der Waals surface area contributed by atoms with Crippen LogP contribution in [0.15, 0.2) is 34.1 Å². The number of hydrogen-bond donors (Lipinski definition) is 1. The van der Waals surface area contributed by atoms with Gasteiger partial charge in [-0.3, -0.25) is 4.79 Å². The van der Waals surface area contributed by atoms with Gasteiger partial charge in [0.15, 0.2) is 5.06 Å². The van der Waals surface area contributed by atoms with Crippen LogP contribution in [0, 0.1) is 0 Å². The van der Waals surface area contributed by atoms with E-state index in [4.69, 9.17) is 4.74 Å². The lowest BCUT2D eigenvalue weighted by molar-refractivity contribution is 0.0788. The molecule has 0 bridgehead atoms. The lowest BCUT2D eigenvalue weighted by Crippen LogP contribution is -2.39. The Bertz CT molecular complexity index is 901. The molecule has 0 radical (unpaired) electrons. The van der Waals surface area contributed by atoms with Gasteiger partial charge in [-0.2, -0.15) is 0 Å². The molecule has 2 aliphatic rings. The maximum absolute atomic E-state index is 12.9. The van der Waals surface area contributed by atoms with E-state index in [1.807, 2.05) is 22.4 Å². The molecule has 2 amide bonds. The topological polar surface area (TPSA) is 61.9 Å². The van der Waals surface area contributed by atoms with E-state index < -0.39 is 6.09 Å². The van der Waals surface area contributed by atoms with Crippen LogP contribution < -0.4 is 10.1 Å². The predicted octanol–water partition coefficient (Wildman–Crippen LogP) is 3.50. The first-order valence-electron chi connectivity index (χ1n) is 9.30. The third-order valence-corrected chi connectivity index (χ3v) is 6.76. The molecule has 3 heterocycles. The maximum atomic E-state index is 12.9. The number of carbonyl (C=O) groups excluding carboxylic acids is 2. The standard InChI is InChI=1S/C20H22BrN3O3S/c1-23-6-4-13-8-14(2-3-15(13)10-23)19(25)24-7-5-17(11-24)22-20(26)27-18-9-16(21)12-28-18/h2-3,8-9,12,17H,4-7,10-11H2,1H3,(H,22,26)/t17-/m1/s1. The van der Waals surface area contributed by atoms with E-state index in [2.05, 4.69) is 39.3 Å². The second kappa shape index (κ2) is 8.23. The summed E-state index contributed by atoms with van der Waals surface area (Å²) in [5.41, 5.74) is 3.30. The van der Waals surface area contributed by atoms with Gasteiger partial charge in [0.25, 0.3) is 5.91 Å². The van der Waals surface area contributed by atoms with Crippen LogP contribution in [0.5, 0.6) is 5.06 Å². The molecule has 2 aliphatic heterocycles. The van der Waals surface area contributed by atoms with E-state index in [1.54, 1.807) is 6.07 Å². The molecule has 0 aliphatic carbocycles. The Hall–Kier alpha value is -1.90. The summed E-state index contributed by atoms with van der Waals surface area (Å²) in [7, 11) is 2.11. The molecule has 1 aromatic heterocycles. The van der Waals surface area contributed by atoms with Gasteiger partial charge in [-0.15, -0.1) is 11.3 Å². The van der Waals surface area contributed by atoms with Gasteiger partial charge in [-0.05, 0) is 59.1 Å². The van der Waals surface area contributed by atoms with E-state index in [9.17, 15) is 9.59 Å². The van der Waals surface area contributed by atoms with Crippen LogP contribution in [-0.2, 0) is 13.0 Å². The van der Waals surface area contributed by atoms with Gasteiger partial charge in [-0.1, -0.05) is 6.07 Å². The normalized spacial score (nSPS) is 19.4. The first kappa shape index (κ1) is 19.4. The van der Waals surface area contributed by atoms with Crippen molar-refractivity contribution in [3.63, 3.8) is 0 Å². The molecule has 28 heavy (non-hydrogen) atoms. The van der Waals surface area contributed by atoms with Gasteiger partial charge in [0.05, 0.1) is 6.04 Å². The van der Waals surface area contributed by atoms with Crippen molar-refractivity contribution in [2.45, 2.75) is 25.4 Å². The highest BCUT2D eigenvalue weighted by Gasteiger charge is 2.29. The van der Waals surface area contributed by atoms with Crippen molar-refractivity contribution in [3.8, 4) is 5.06 Å². The van der Waals surface area contributed by atoms with Crippen LogP contribution in [0.3, 0.4) is 0 Å². The van der Waals surface area contributed by atoms with Crippen LogP contribution in [-0.4, -0.2) is 54.5 Å². The molecule has 1 fully saturated rings. The van der Waals surface area contributed by atoms with E-state index in [1.165, 1.54) is 22.5 Å². The molecule has 8 heteroatoms. The molecule has 6 nitrogen and oxygen atoms in total. The summed E-state index contributed by atoms with van der Waals surface area (Å²) < 4.78 is 6.16. The molecule has 0 unspecified atom stereocenters. The van der Waals surface area contributed by atoms with Crippen molar-refractivity contribution in [3.05, 3.63) is 50.8 Å². The molecule has 1 N–H and O–H groups in total. The highest BCUT2D eigenvalue weighted by atomic mass is 79.9. The average Bonchev–Trinajstić information content (AvgIpc) is 3.29. The maximum Gasteiger partial charge on any atom is 0.413 e. The molecule has 148 valence electrons. The van der Waals surface area contributed by atoms with Crippen molar-refractivity contribution in [2.75, 3.05) is 26.7 Å². The zero-order chi connectivity index (χ0) is 19.7. The molecule has 0 spiro atoms. The second-order valence-electron chi connectivity index (χ2n) is 7.33. The SMILES string of the molecule is CN1CCc2cc(C(=O)N3CC[C@@H](NC(=O)Oc4cc(Br)cs4)C3)ccc2C1. The minimum Gasteiger partial charge on any atom is -0.399 e. The van der Waals surface area contributed by atoms with Crippen LogP contribution in [0.25, 0.3) is 0 Å². The summed E-state index contributed by atoms with van der Waals surface area (Å²) >= 11 is 4.69. The molecular formula is C20H22BrN3O3S. The first-order chi connectivity index (χ1) is 13.5. The van der Waals surface area contributed by atoms with Gasteiger partial charge in [0.1, 0.15) is 0 Å². The average molecular weight is 464 g/mol. The molecule has 0 saturated carbocycles. The van der Waals surface area contributed by atoms with E-state index in [0.717, 1.165) is 36.0 Å². The molecular weight excluding hydrogens is 442 g/mol. The Balaban J connectivity index is 1.33. The van der Waals surface area contributed by atoms with Crippen molar-refractivity contribution in [1.29, 1.82) is 0 Å². The number of likely N-dealkylation sites (tertiary alicyclic amines) is 1. The van der Waals surface area contributed by atoms with E-state index >= 15 is 0 Å². The number of halogens is 1. The Morgan fingerprint density at radius 3 is 2.89 bits per heavy atom. The van der Waals surface area contributed by atoms with Crippen molar-refractivity contribution in [1.82, 2.24) is 15.1 Å². The minimum absolute atomic E-state index is 0.0292. The van der Waals surface area contributed by atoms with Gasteiger partial charge in [0, 0.05) is 47.7 Å². The molecule has 2 aromatic rings. The Morgan fingerprint density at radius 1 is 1.25 bits per heavy atom. The fraction of sp³-hybridized carbons (Fsp3) is 0.400. The number of likely N-dealkylation sites (N-methyl/N-ethyl adjacent to an activating group) is 1. The van der Waals surface area contributed by atoms with Gasteiger partial charge < -0.3 is 19.9 Å². The Morgan fingerprint density at radius 2 is 2.11 bits per heavy atom. The monoisotopic (exact) mass is 463 g/mol. The summed E-state index contributed by atoms with van der Waals surface area (Å²) in [5, 5.41) is 5.25. The number of thiophene rings is 1. The molecule has 1 aromatic carbocycles. The van der Waals surface area contributed by atoms with Gasteiger partial charge in [0.2, 0.25) is 0 Å². The zero-order valence-electron chi connectivity index (χ0n) is 15.6. The number of nitrogens with one attached hydrogen (secondary N) is 1. The summed E-state index contributed by atoms with van der Waals surface area (Å²) in [5.74, 6) is 0.0292. The number of fused-ring (bicyclic) bond motifs is 1. The molecule has 4 rings (SSSR count). The molecule has 1 saturated heterocycles. The fourth-order valence-corrected chi connectivity index (χ4v) is 4.96. The lowest BCUT2D eigenvalue weighted by Gasteiger charge is -2.25. The van der Waals surface area contributed by atoms with Gasteiger partial charge in [-0.25, -0.2) is 4.79 Å². The van der Waals surface area contributed by atoms with Crippen molar-refractivity contribution in [2.24, 2.45) is 0 Å². The highest BCUT2D eigenvalue weighted by Crippen LogP contribution is 2.27. The Labute approximate surface area is 176 Å². The summed E-state index contributed by atoms with van der Waals surface area (Å²) in [6, 6.07) is 7.69. The largest absolute Gasteiger partial charge is 0.413 e. The number of amides is 2. The lowest BCUT2D eigenvalue weighted by atomic mass is 9.97. The number of benzene rings is 1. The van der Waals surface area contributed by atoms with Crippen LogP contribution in [0.2, 0.25) is 0 Å². The van der Waals surface area contributed by atoms with Crippen LogP contribution >= 0.6 is 27.3 Å². The quantitative estimate of drug-likeness (QED) is 0.756. The van der Waals surface area contributed by atoms with Crippen LogP contribution in [0.4, 0.5) is 4.79 Å². The minimum atomic E-state index is -0.480. The number of carbonyl (C=O) groups is 2. The van der Waals surface area contributed by atoms with E-state index in [0.29, 0.717) is 18.2 Å². The Kier molecular flexibility index (Phi) is 5.70. The molecule has 1 atom stereocenters. The first-order valence-corrected chi connectivity index (χ1v) is 11.0. The van der Waals surface area contributed by atoms with Crippen molar-refractivity contribution >= 4 is 39.3 Å².